The van der Waals surface area contributed by atoms with Gasteiger partial charge >= 0.3 is 5.97 Å². The van der Waals surface area contributed by atoms with E-state index in [9.17, 15) is 19.8 Å². The van der Waals surface area contributed by atoms with Gasteiger partial charge in [-0.1, -0.05) is 423 Å². The molecule has 0 fully saturated rings. The highest BCUT2D eigenvalue weighted by molar-refractivity contribution is 5.76. The van der Waals surface area contributed by atoms with Crippen molar-refractivity contribution >= 4 is 11.9 Å². The van der Waals surface area contributed by atoms with Gasteiger partial charge in [-0.15, -0.1) is 0 Å². The first-order valence-corrected chi connectivity index (χ1v) is 41.3. The molecule has 0 aromatic heterocycles. The van der Waals surface area contributed by atoms with Crippen LogP contribution in [0, 0.1) is 0 Å². The van der Waals surface area contributed by atoms with Crippen molar-refractivity contribution in [3.05, 3.63) is 36.5 Å². The lowest BCUT2D eigenvalue weighted by molar-refractivity contribution is -0.143. The van der Waals surface area contributed by atoms with Crippen LogP contribution in [-0.2, 0) is 14.3 Å². The summed E-state index contributed by atoms with van der Waals surface area (Å²) in [6, 6.07) is -0.626. The Morgan fingerprint density at radius 3 is 0.844 bits per heavy atom. The van der Waals surface area contributed by atoms with Crippen LogP contribution in [0.2, 0.25) is 0 Å². The van der Waals surface area contributed by atoms with Gasteiger partial charge in [0.1, 0.15) is 0 Å². The van der Waals surface area contributed by atoms with Gasteiger partial charge < -0.3 is 20.3 Å². The number of carbonyl (C=O) groups excluding carboxylic acids is 2. The number of hydrogen-bond acceptors (Lipinski definition) is 5. The maximum atomic E-state index is 12.5. The molecule has 3 N–H and O–H groups in total. The van der Waals surface area contributed by atoms with Crippen molar-refractivity contribution in [1.82, 2.24) is 5.32 Å². The van der Waals surface area contributed by atoms with Gasteiger partial charge in [0.2, 0.25) is 5.91 Å². The highest BCUT2D eigenvalue weighted by Crippen LogP contribution is 2.20. The summed E-state index contributed by atoms with van der Waals surface area (Å²) in [4.78, 5) is 24.7. The molecule has 6 nitrogen and oxygen atoms in total. The van der Waals surface area contributed by atoms with Crippen molar-refractivity contribution < 1.29 is 24.5 Å². The third-order valence-electron chi connectivity index (χ3n) is 19.4. The second kappa shape index (κ2) is 79.5. The minimum absolute atomic E-state index is 0.0242. The molecule has 0 saturated carbocycles. The number of aliphatic hydroxyl groups is 2. The molecule has 0 saturated heterocycles. The number of allylic oxidation sites excluding steroid dienone is 5. The molecule has 0 aromatic rings. The first kappa shape index (κ1) is 88.1. The lowest BCUT2D eigenvalue weighted by Gasteiger charge is -2.20. The van der Waals surface area contributed by atoms with Crippen LogP contribution in [0.15, 0.2) is 36.5 Å². The molecule has 0 aliphatic rings. The first-order valence-electron chi connectivity index (χ1n) is 41.3. The molecule has 6 heteroatoms. The Morgan fingerprint density at radius 1 is 0.311 bits per heavy atom. The molecular formula is C84H161NO5. The normalized spacial score (nSPS) is 12.6. The largest absolute Gasteiger partial charge is 0.466 e. The molecule has 2 unspecified atom stereocenters. The van der Waals surface area contributed by atoms with Gasteiger partial charge in [-0.3, -0.25) is 9.59 Å². The predicted molar refractivity (Wildman–Crippen MR) is 398 cm³/mol. The maximum Gasteiger partial charge on any atom is 0.305 e. The van der Waals surface area contributed by atoms with Crippen LogP contribution in [-0.4, -0.2) is 47.4 Å². The highest BCUT2D eigenvalue weighted by Gasteiger charge is 2.18. The van der Waals surface area contributed by atoms with Crippen LogP contribution in [0.1, 0.15) is 463 Å². The Hall–Kier alpha value is -1.92. The van der Waals surface area contributed by atoms with E-state index in [1.54, 1.807) is 6.08 Å². The maximum absolute atomic E-state index is 12.5. The summed E-state index contributed by atoms with van der Waals surface area (Å²) in [6.07, 6.45) is 104. The number of amides is 1. The molecule has 532 valence electrons. The van der Waals surface area contributed by atoms with Crippen molar-refractivity contribution in [2.45, 2.75) is 475 Å². The molecule has 1 amide bonds. The van der Waals surface area contributed by atoms with Gasteiger partial charge in [0.05, 0.1) is 25.4 Å². The summed E-state index contributed by atoms with van der Waals surface area (Å²) in [6.45, 7) is 4.96. The van der Waals surface area contributed by atoms with E-state index < -0.39 is 12.1 Å². The van der Waals surface area contributed by atoms with E-state index in [0.717, 1.165) is 44.9 Å². The molecule has 0 rings (SSSR count). The van der Waals surface area contributed by atoms with Crippen LogP contribution in [0.3, 0.4) is 0 Å². The topological polar surface area (TPSA) is 95.9 Å². The van der Waals surface area contributed by atoms with E-state index in [0.29, 0.717) is 19.4 Å². The van der Waals surface area contributed by atoms with Crippen molar-refractivity contribution in [3.63, 3.8) is 0 Å². The van der Waals surface area contributed by atoms with Crippen molar-refractivity contribution in [3.8, 4) is 0 Å². The second-order valence-electron chi connectivity index (χ2n) is 28.5. The fourth-order valence-electron chi connectivity index (χ4n) is 13.1. The van der Waals surface area contributed by atoms with Crippen LogP contribution >= 0.6 is 0 Å². The van der Waals surface area contributed by atoms with E-state index in [1.165, 1.54) is 392 Å². The first-order chi connectivity index (χ1) is 44.5. The molecule has 0 aliphatic heterocycles. The molecule has 90 heavy (non-hydrogen) atoms. The van der Waals surface area contributed by atoms with Crippen LogP contribution < -0.4 is 5.32 Å². The Labute approximate surface area is 564 Å². The number of ether oxygens (including phenoxy) is 1. The van der Waals surface area contributed by atoms with Crippen LogP contribution in [0.5, 0.6) is 0 Å². The fraction of sp³-hybridized carbons (Fsp3) is 0.905. The average molecular weight is 1270 g/mol. The molecule has 0 spiro atoms. The fourth-order valence-corrected chi connectivity index (χ4v) is 13.1. The molecule has 2 atom stereocenters. The standard InChI is InChI=1S/C84H161NO5/c1-3-5-7-9-11-13-15-17-19-21-41-46-50-54-58-62-66-70-74-78-84(89)90-79-75-71-67-63-59-55-51-47-43-40-38-36-34-32-30-28-26-24-22-23-25-27-29-31-33-35-37-39-42-45-49-53-57-61-65-69-73-77-83(88)85-81(80-86)82(87)76-72-68-64-60-56-52-48-44-20-18-16-14-12-10-8-6-4-2/h22,24,28,30,72,76,81-82,86-87H,3-21,23,25-27,29,31-71,73-75,77-80H2,1-2H3,(H,85,88)/b24-22-,30-28-,76-72+. The van der Waals surface area contributed by atoms with Crippen molar-refractivity contribution in [2.24, 2.45) is 0 Å². The number of esters is 1. The Kier molecular flexibility index (Phi) is 77.8. The van der Waals surface area contributed by atoms with Crippen LogP contribution in [0.25, 0.3) is 0 Å². The minimum atomic E-state index is -0.843. The molecule has 0 radical (unpaired) electrons. The summed E-state index contributed by atoms with van der Waals surface area (Å²) in [5, 5.41) is 23.2. The van der Waals surface area contributed by atoms with E-state index >= 15 is 0 Å². The van der Waals surface area contributed by atoms with Crippen LogP contribution in [0.4, 0.5) is 0 Å². The zero-order valence-electron chi connectivity index (χ0n) is 61.1. The minimum Gasteiger partial charge on any atom is -0.466 e. The molecular weight excluding hydrogens is 1100 g/mol. The van der Waals surface area contributed by atoms with E-state index in [4.69, 9.17) is 4.74 Å². The number of aliphatic hydroxyl groups excluding tert-OH is 2. The van der Waals surface area contributed by atoms with Gasteiger partial charge in [-0.2, -0.15) is 0 Å². The van der Waals surface area contributed by atoms with E-state index in [-0.39, 0.29) is 18.5 Å². The SMILES string of the molecule is CCCCCCCCCCCCCCCCC/C=C/C(O)C(CO)NC(=O)CCCCCCCCCCCCCCCCCCC/C=C\C/C=C\CCCCCCCCCCCCCCCOC(=O)CCCCCCCCCCCCCCCCCCCCC. The summed E-state index contributed by atoms with van der Waals surface area (Å²) in [7, 11) is 0. The molecule has 0 bridgehead atoms. The van der Waals surface area contributed by atoms with Gasteiger partial charge in [-0.25, -0.2) is 0 Å². The summed E-state index contributed by atoms with van der Waals surface area (Å²) in [5.74, 6) is -0.0374. The zero-order chi connectivity index (χ0) is 64.9. The average Bonchev–Trinajstić information content (AvgIpc) is 3.72. The Morgan fingerprint density at radius 2 is 0.556 bits per heavy atom. The zero-order valence-corrected chi connectivity index (χ0v) is 61.1. The monoisotopic (exact) mass is 1260 g/mol. The second-order valence-corrected chi connectivity index (χ2v) is 28.5. The van der Waals surface area contributed by atoms with Crippen molar-refractivity contribution in [2.75, 3.05) is 13.2 Å². The lowest BCUT2D eigenvalue weighted by Crippen LogP contribution is -2.45. The smallest absolute Gasteiger partial charge is 0.305 e. The number of hydrogen-bond donors (Lipinski definition) is 3. The van der Waals surface area contributed by atoms with Gasteiger partial charge in [-0.05, 0) is 64.2 Å². The molecule has 0 aliphatic carbocycles. The Bertz CT molecular complexity index is 1460. The van der Waals surface area contributed by atoms with Gasteiger partial charge in [0.25, 0.3) is 0 Å². The quantitative estimate of drug-likeness (QED) is 0.0320. The summed E-state index contributed by atoms with van der Waals surface area (Å²) >= 11 is 0. The van der Waals surface area contributed by atoms with Crippen molar-refractivity contribution in [1.29, 1.82) is 0 Å². The van der Waals surface area contributed by atoms with Gasteiger partial charge in [0, 0.05) is 12.8 Å². The summed E-state index contributed by atoms with van der Waals surface area (Å²) < 4.78 is 5.52. The van der Waals surface area contributed by atoms with E-state index in [2.05, 4.69) is 43.5 Å². The molecule has 0 aromatic carbocycles. The number of rotatable bonds is 78. The predicted octanol–water partition coefficient (Wildman–Crippen LogP) is 27.4. The third-order valence-corrected chi connectivity index (χ3v) is 19.4. The summed E-state index contributed by atoms with van der Waals surface area (Å²) in [5.41, 5.74) is 0. The van der Waals surface area contributed by atoms with Gasteiger partial charge in [0.15, 0.2) is 0 Å². The highest BCUT2D eigenvalue weighted by atomic mass is 16.5. The number of unbranched alkanes of at least 4 members (excludes halogenated alkanes) is 63. The third kappa shape index (κ3) is 75.1. The molecule has 0 heterocycles. The lowest BCUT2D eigenvalue weighted by atomic mass is 10.0. The number of carbonyl (C=O) groups is 2. The van der Waals surface area contributed by atoms with E-state index in [1.807, 2.05) is 6.08 Å². The Balaban J connectivity index is 3.36. The number of nitrogens with one attached hydrogen (secondary N) is 1.